The third kappa shape index (κ3) is 3.71. The van der Waals surface area contributed by atoms with Crippen LogP contribution in [-0.4, -0.2) is 10.4 Å². The van der Waals surface area contributed by atoms with Crippen molar-refractivity contribution < 1.29 is 0 Å². The third-order valence-corrected chi connectivity index (χ3v) is 3.64. The van der Waals surface area contributed by atoms with Crippen LogP contribution in [0.2, 0.25) is 0 Å². The lowest BCUT2D eigenvalue weighted by atomic mass is 10.1. The fourth-order valence-electron chi connectivity index (χ4n) is 2.21. The van der Waals surface area contributed by atoms with Gasteiger partial charge in [0.05, 0.1) is 5.52 Å². The first-order valence-electron chi connectivity index (χ1n) is 6.78. The summed E-state index contributed by atoms with van der Waals surface area (Å²) in [4.78, 5) is 4.67. The van der Waals surface area contributed by atoms with Crippen molar-refractivity contribution in [1.82, 2.24) is 4.98 Å². The SMILES string of the molecule is CCCC(Cl)CCCc1ccc2ccccc2n1. The molecule has 2 rings (SSSR count). The number of benzene rings is 1. The summed E-state index contributed by atoms with van der Waals surface area (Å²) in [7, 11) is 0. The van der Waals surface area contributed by atoms with Crippen molar-refractivity contribution in [2.24, 2.45) is 0 Å². The number of aryl methyl sites for hydroxylation is 1. The monoisotopic (exact) mass is 261 g/mol. The van der Waals surface area contributed by atoms with Crippen LogP contribution in [0.15, 0.2) is 36.4 Å². The van der Waals surface area contributed by atoms with Gasteiger partial charge in [0.1, 0.15) is 0 Å². The molecule has 1 aromatic heterocycles. The molecule has 0 radical (unpaired) electrons. The minimum atomic E-state index is 0.329. The van der Waals surface area contributed by atoms with Gasteiger partial charge in [-0.1, -0.05) is 37.6 Å². The van der Waals surface area contributed by atoms with Crippen molar-refractivity contribution in [3.05, 3.63) is 42.1 Å². The predicted molar refractivity (Wildman–Crippen MR) is 79.2 cm³/mol. The summed E-state index contributed by atoms with van der Waals surface area (Å²) in [5.74, 6) is 0. The van der Waals surface area contributed by atoms with E-state index in [2.05, 4.69) is 36.2 Å². The highest BCUT2D eigenvalue weighted by Crippen LogP contribution is 2.16. The molecule has 1 aromatic carbocycles. The molecule has 2 heteroatoms. The molecule has 1 atom stereocenters. The first-order valence-corrected chi connectivity index (χ1v) is 7.22. The van der Waals surface area contributed by atoms with Crippen LogP contribution in [0.5, 0.6) is 0 Å². The number of halogens is 1. The number of rotatable bonds is 6. The maximum atomic E-state index is 6.22. The van der Waals surface area contributed by atoms with Gasteiger partial charge in [0, 0.05) is 16.5 Å². The number of para-hydroxylation sites is 1. The largest absolute Gasteiger partial charge is 0.253 e. The van der Waals surface area contributed by atoms with Gasteiger partial charge in [0.25, 0.3) is 0 Å². The number of fused-ring (bicyclic) bond motifs is 1. The zero-order valence-electron chi connectivity index (χ0n) is 10.9. The van der Waals surface area contributed by atoms with Gasteiger partial charge in [0.2, 0.25) is 0 Å². The number of pyridine rings is 1. The molecule has 0 amide bonds. The minimum absolute atomic E-state index is 0.329. The zero-order valence-corrected chi connectivity index (χ0v) is 11.7. The van der Waals surface area contributed by atoms with Gasteiger partial charge in [-0.3, -0.25) is 4.98 Å². The molecule has 0 saturated heterocycles. The summed E-state index contributed by atoms with van der Waals surface area (Å²) in [6, 6.07) is 12.5. The molecule has 18 heavy (non-hydrogen) atoms. The van der Waals surface area contributed by atoms with E-state index < -0.39 is 0 Å². The molecule has 0 spiro atoms. The van der Waals surface area contributed by atoms with E-state index in [9.17, 15) is 0 Å². The molecule has 1 heterocycles. The fraction of sp³-hybridized carbons (Fsp3) is 0.438. The highest BCUT2D eigenvalue weighted by Gasteiger charge is 2.04. The number of nitrogens with zero attached hydrogens (tertiary/aromatic N) is 1. The second-order valence-corrected chi connectivity index (χ2v) is 5.39. The predicted octanol–water partition coefficient (Wildman–Crippen LogP) is 4.97. The van der Waals surface area contributed by atoms with E-state index >= 15 is 0 Å². The molecular weight excluding hydrogens is 242 g/mol. The number of hydrogen-bond donors (Lipinski definition) is 0. The first-order chi connectivity index (χ1) is 8.79. The summed E-state index contributed by atoms with van der Waals surface area (Å²) in [6.45, 7) is 2.18. The van der Waals surface area contributed by atoms with Gasteiger partial charge in [-0.2, -0.15) is 0 Å². The standard InChI is InChI=1S/C16H20ClN/c1-2-6-14(17)8-5-9-15-12-11-13-7-3-4-10-16(13)18-15/h3-4,7,10-12,14H,2,5-6,8-9H2,1H3. The Kier molecular flexibility index (Phi) is 5.00. The molecule has 0 bridgehead atoms. The molecule has 96 valence electrons. The van der Waals surface area contributed by atoms with Gasteiger partial charge in [-0.25, -0.2) is 0 Å². The van der Waals surface area contributed by atoms with E-state index in [-0.39, 0.29) is 0 Å². The Labute approximate surface area is 114 Å². The summed E-state index contributed by atoms with van der Waals surface area (Å²) >= 11 is 6.22. The van der Waals surface area contributed by atoms with Crippen molar-refractivity contribution in [3.63, 3.8) is 0 Å². The molecule has 1 nitrogen and oxygen atoms in total. The Morgan fingerprint density at radius 1 is 1.11 bits per heavy atom. The lowest BCUT2D eigenvalue weighted by Gasteiger charge is -2.07. The van der Waals surface area contributed by atoms with Gasteiger partial charge in [-0.15, -0.1) is 11.6 Å². The van der Waals surface area contributed by atoms with Crippen molar-refractivity contribution in [2.75, 3.05) is 0 Å². The summed E-state index contributed by atoms with van der Waals surface area (Å²) in [5.41, 5.74) is 2.26. The Morgan fingerprint density at radius 2 is 1.94 bits per heavy atom. The fourth-order valence-corrected chi connectivity index (χ4v) is 2.58. The van der Waals surface area contributed by atoms with Crippen molar-refractivity contribution in [3.8, 4) is 0 Å². The van der Waals surface area contributed by atoms with Crippen LogP contribution in [0.25, 0.3) is 10.9 Å². The second kappa shape index (κ2) is 6.75. The van der Waals surface area contributed by atoms with E-state index in [1.807, 2.05) is 12.1 Å². The summed E-state index contributed by atoms with van der Waals surface area (Å²) < 4.78 is 0. The number of alkyl halides is 1. The molecule has 0 N–H and O–H groups in total. The molecule has 0 fully saturated rings. The smallest absolute Gasteiger partial charge is 0.0705 e. The minimum Gasteiger partial charge on any atom is -0.253 e. The third-order valence-electron chi connectivity index (χ3n) is 3.21. The molecule has 0 saturated carbocycles. The topological polar surface area (TPSA) is 12.9 Å². The number of aromatic nitrogens is 1. The Bertz CT molecular complexity index is 495. The quantitative estimate of drug-likeness (QED) is 0.670. The van der Waals surface area contributed by atoms with Crippen LogP contribution < -0.4 is 0 Å². The van der Waals surface area contributed by atoms with Crippen LogP contribution in [0.3, 0.4) is 0 Å². The van der Waals surface area contributed by atoms with Gasteiger partial charge < -0.3 is 0 Å². The van der Waals surface area contributed by atoms with Gasteiger partial charge in [-0.05, 0) is 37.8 Å². The van der Waals surface area contributed by atoms with Crippen molar-refractivity contribution in [2.45, 2.75) is 44.4 Å². The Hall–Kier alpha value is -1.08. The average molecular weight is 262 g/mol. The van der Waals surface area contributed by atoms with Crippen LogP contribution in [0.1, 0.15) is 38.3 Å². The Balaban J connectivity index is 1.91. The zero-order chi connectivity index (χ0) is 12.8. The highest BCUT2D eigenvalue weighted by molar-refractivity contribution is 6.20. The lowest BCUT2D eigenvalue weighted by Crippen LogP contribution is -1.99. The first kappa shape index (κ1) is 13.4. The van der Waals surface area contributed by atoms with Crippen LogP contribution in [-0.2, 0) is 6.42 Å². The van der Waals surface area contributed by atoms with Crippen LogP contribution in [0.4, 0.5) is 0 Å². The van der Waals surface area contributed by atoms with Crippen molar-refractivity contribution in [1.29, 1.82) is 0 Å². The molecular formula is C16H20ClN. The number of hydrogen-bond acceptors (Lipinski definition) is 1. The molecule has 2 aromatic rings. The summed E-state index contributed by atoms with van der Waals surface area (Å²) in [5, 5.41) is 1.54. The second-order valence-electron chi connectivity index (χ2n) is 4.77. The maximum absolute atomic E-state index is 6.22. The van der Waals surface area contributed by atoms with E-state index in [0.717, 1.165) is 31.2 Å². The molecule has 1 unspecified atom stereocenters. The average Bonchev–Trinajstić information content (AvgIpc) is 2.39. The van der Waals surface area contributed by atoms with Crippen LogP contribution >= 0.6 is 11.6 Å². The van der Waals surface area contributed by atoms with Crippen molar-refractivity contribution >= 4 is 22.5 Å². The lowest BCUT2D eigenvalue weighted by molar-refractivity contribution is 0.636. The normalized spacial score (nSPS) is 12.8. The molecule has 0 aliphatic carbocycles. The molecule has 0 aliphatic rings. The van der Waals surface area contributed by atoms with E-state index in [4.69, 9.17) is 11.6 Å². The van der Waals surface area contributed by atoms with Gasteiger partial charge in [0.15, 0.2) is 0 Å². The Morgan fingerprint density at radius 3 is 2.78 bits per heavy atom. The highest BCUT2D eigenvalue weighted by atomic mass is 35.5. The van der Waals surface area contributed by atoms with Crippen LogP contribution in [0, 0.1) is 0 Å². The summed E-state index contributed by atoms with van der Waals surface area (Å²) in [6.07, 6.45) is 5.52. The van der Waals surface area contributed by atoms with E-state index in [1.54, 1.807) is 0 Å². The van der Waals surface area contributed by atoms with E-state index in [1.165, 1.54) is 17.5 Å². The molecule has 0 aliphatic heterocycles. The van der Waals surface area contributed by atoms with Gasteiger partial charge >= 0.3 is 0 Å². The maximum Gasteiger partial charge on any atom is 0.0705 e. The van der Waals surface area contributed by atoms with E-state index in [0.29, 0.717) is 5.38 Å².